The number of anilines is 1. The van der Waals surface area contributed by atoms with Crippen molar-refractivity contribution in [1.82, 2.24) is 0 Å². The third-order valence-electron chi connectivity index (χ3n) is 2.68. The molecule has 2 aromatic carbocycles. The quantitative estimate of drug-likeness (QED) is 0.496. The summed E-state index contributed by atoms with van der Waals surface area (Å²) in [5, 5.41) is 6.29. The van der Waals surface area contributed by atoms with Gasteiger partial charge in [0, 0.05) is 21.8 Å². The molecular formula is C14H12N4O. The first-order valence-corrected chi connectivity index (χ1v) is 5.73. The number of benzene rings is 2. The zero-order chi connectivity index (χ0) is 13.7. The first-order chi connectivity index (χ1) is 9.20. The number of carbonyl (C=O) groups excluding carboxylic acids is 1. The maximum Gasteiger partial charge on any atom is 0.255 e. The van der Waals surface area contributed by atoms with Gasteiger partial charge in [-0.2, -0.15) is 0 Å². The van der Waals surface area contributed by atoms with Crippen molar-refractivity contribution < 1.29 is 4.79 Å². The summed E-state index contributed by atoms with van der Waals surface area (Å²) in [7, 11) is 0. The molecule has 0 fully saturated rings. The minimum atomic E-state index is -0.193. The van der Waals surface area contributed by atoms with Gasteiger partial charge in [0.15, 0.2) is 0 Å². The predicted octanol–water partition coefficient (Wildman–Crippen LogP) is 4.19. The van der Waals surface area contributed by atoms with Crippen LogP contribution >= 0.6 is 0 Å². The number of hydrogen-bond acceptors (Lipinski definition) is 2. The van der Waals surface area contributed by atoms with Gasteiger partial charge in [-0.25, -0.2) is 0 Å². The summed E-state index contributed by atoms with van der Waals surface area (Å²) >= 11 is 0. The molecule has 0 unspecified atom stereocenters. The molecule has 19 heavy (non-hydrogen) atoms. The van der Waals surface area contributed by atoms with Crippen LogP contribution in [0, 0.1) is 6.92 Å². The van der Waals surface area contributed by atoms with E-state index in [1.165, 1.54) is 0 Å². The van der Waals surface area contributed by atoms with Crippen LogP contribution in [0.25, 0.3) is 10.4 Å². The first-order valence-electron chi connectivity index (χ1n) is 5.73. The van der Waals surface area contributed by atoms with Gasteiger partial charge in [0.1, 0.15) is 0 Å². The largest absolute Gasteiger partial charge is 0.322 e. The summed E-state index contributed by atoms with van der Waals surface area (Å²) < 4.78 is 0. The second-order valence-electron chi connectivity index (χ2n) is 4.01. The topological polar surface area (TPSA) is 77.9 Å². The van der Waals surface area contributed by atoms with Crippen molar-refractivity contribution in [2.24, 2.45) is 5.11 Å². The molecule has 0 spiro atoms. The van der Waals surface area contributed by atoms with Crippen LogP contribution in [0.2, 0.25) is 0 Å². The normalized spacial score (nSPS) is 9.53. The average molecular weight is 252 g/mol. The third kappa shape index (κ3) is 3.12. The molecule has 0 saturated heterocycles. The Bertz CT molecular complexity index is 643. The smallest absolute Gasteiger partial charge is 0.255 e. The average Bonchev–Trinajstić information content (AvgIpc) is 2.42. The number of nitrogens with one attached hydrogen (secondary N) is 1. The lowest BCUT2D eigenvalue weighted by molar-refractivity contribution is 0.102. The van der Waals surface area contributed by atoms with Crippen molar-refractivity contribution in [3.63, 3.8) is 0 Å². The maximum atomic E-state index is 12.0. The van der Waals surface area contributed by atoms with E-state index in [9.17, 15) is 4.79 Å². The molecule has 0 aliphatic rings. The maximum absolute atomic E-state index is 12.0. The van der Waals surface area contributed by atoms with Gasteiger partial charge in [-0.15, -0.1) is 0 Å². The molecule has 0 saturated carbocycles. The SMILES string of the molecule is Cc1ccccc1NC(=O)c1ccc(N=[N+]=[N-])cc1. The van der Waals surface area contributed by atoms with Crippen LogP contribution in [0.1, 0.15) is 15.9 Å². The second-order valence-corrected chi connectivity index (χ2v) is 4.01. The van der Waals surface area contributed by atoms with Crippen LogP contribution in [0.5, 0.6) is 0 Å². The van der Waals surface area contributed by atoms with Crippen molar-refractivity contribution in [1.29, 1.82) is 0 Å². The van der Waals surface area contributed by atoms with Crippen LogP contribution < -0.4 is 5.32 Å². The third-order valence-corrected chi connectivity index (χ3v) is 2.68. The van der Waals surface area contributed by atoms with Crippen molar-refractivity contribution in [2.45, 2.75) is 6.92 Å². The van der Waals surface area contributed by atoms with Gasteiger partial charge in [-0.3, -0.25) is 4.79 Å². The molecule has 2 rings (SSSR count). The van der Waals surface area contributed by atoms with Crippen LogP contribution in [0.3, 0.4) is 0 Å². The van der Waals surface area contributed by atoms with Crippen molar-refractivity contribution in [2.75, 3.05) is 5.32 Å². The number of para-hydroxylation sites is 1. The van der Waals surface area contributed by atoms with Gasteiger partial charge in [-0.05, 0) is 36.2 Å². The minimum Gasteiger partial charge on any atom is -0.322 e. The Kier molecular flexibility index (Phi) is 3.81. The second kappa shape index (κ2) is 5.71. The van der Waals surface area contributed by atoms with E-state index < -0.39 is 0 Å². The van der Waals surface area contributed by atoms with E-state index in [0.717, 1.165) is 11.3 Å². The lowest BCUT2D eigenvalue weighted by Crippen LogP contribution is -2.12. The van der Waals surface area contributed by atoms with Gasteiger partial charge >= 0.3 is 0 Å². The highest BCUT2D eigenvalue weighted by Gasteiger charge is 2.06. The van der Waals surface area contributed by atoms with E-state index in [4.69, 9.17) is 5.53 Å². The summed E-state index contributed by atoms with van der Waals surface area (Å²) in [5.74, 6) is -0.193. The van der Waals surface area contributed by atoms with Gasteiger partial charge in [0.05, 0.1) is 0 Å². The number of azide groups is 1. The van der Waals surface area contributed by atoms with Gasteiger partial charge in [0.25, 0.3) is 5.91 Å². The molecule has 94 valence electrons. The fraction of sp³-hybridized carbons (Fsp3) is 0.0714. The summed E-state index contributed by atoms with van der Waals surface area (Å²) in [6.07, 6.45) is 0. The fourth-order valence-corrected chi connectivity index (χ4v) is 1.64. The zero-order valence-corrected chi connectivity index (χ0v) is 10.4. The molecule has 0 radical (unpaired) electrons. The standard InChI is InChI=1S/C14H12N4O/c1-10-4-2-3-5-13(10)16-14(19)11-6-8-12(9-7-11)17-18-15/h2-9H,1H3,(H,16,19). The molecular weight excluding hydrogens is 240 g/mol. The number of rotatable bonds is 3. The zero-order valence-electron chi connectivity index (χ0n) is 10.4. The highest BCUT2D eigenvalue weighted by Crippen LogP contribution is 2.17. The van der Waals surface area contributed by atoms with E-state index in [1.807, 2.05) is 31.2 Å². The fourth-order valence-electron chi connectivity index (χ4n) is 1.64. The highest BCUT2D eigenvalue weighted by molar-refractivity contribution is 6.04. The molecule has 1 amide bonds. The Morgan fingerprint density at radius 1 is 1.16 bits per heavy atom. The summed E-state index contributed by atoms with van der Waals surface area (Å²) in [6, 6.07) is 14.0. The Balaban J connectivity index is 2.16. The van der Waals surface area contributed by atoms with Crippen molar-refractivity contribution in [3.05, 3.63) is 70.1 Å². The molecule has 5 heteroatoms. The lowest BCUT2D eigenvalue weighted by Gasteiger charge is -2.08. The molecule has 0 aliphatic carbocycles. The lowest BCUT2D eigenvalue weighted by atomic mass is 10.1. The Labute approximate surface area is 110 Å². The first kappa shape index (κ1) is 12.7. The Hall–Kier alpha value is -2.78. The summed E-state index contributed by atoms with van der Waals surface area (Å²) in [6.45, 7) is 1.93. The number of nitrogens with zero attached hydrogens (tertiary/aromatic N) is 3. The van der Waals surface area contributed by atoms with Gasteiger partial charge in [-0.1, -0.05) is 35.4 Å². The molecule has 0 heterocycles. The van der Waals surface area contributed by atoms with E-state index in [2.05, 4.69) is 15.3 Å². The number of hydrogen-bond donors (Lipinski definition) is 1. The Morgan fingerprint density at radius 3 is 2.47 bits per heavy atom. The molecule has 0 aliphatic heterocycles. The van der Waals surface area contributed by atoms with E-state index in [1.54, 1.807) is 24.3 Å². The molecule has 0 bridgehead atoms. The highest BCUT2D eigenvalue weighted by atomic mass is 16.1. The summed E-state index contributed by atoms with van der Waals surface area (Å²) in [5.41, 5.74) is 11.1. The van der Waals surface area contributed by atoms with Gasteiger partial charge < -0.3 is 5.32 Å². The van der Waals surface area contributed by atoms with E-state index in [0.29, 0.717) is 11.3 Å². The summed E-state index contributed by atoms with van der Waals surface area (Å²) in [4.78, 5) is 14.7. The minimum absolute atomic E-state index is 0.193. The number of aryl methyl sites for hydroxylation is 1. The van der Waals surface area contributed by atoms with Crippen LogP contribution in [-0.2, 0) is 0 Å². The molecule has 2 aromatic rings. The van der Waals surface area contributed by atoms with Crippen LogP contribution in [-0.4, -0.2) is 5.91 Å². The molecule has 0 aromatic heterocycles. The Morgan fingerprint density at radius 2 is 1.84 bits per heavy atom. The van der Waals surface area contributed by atoms with Crippen LogP contribution in [0.4, 0.5) is 11.4 Å². The van der Waals surface area contributed by atoms with Crippen molar-refractivity contribution in [3.8, 4) is 0 Å². The van der Waals surface area contributed by atoms with Crippen LogP contribution in [0.15, 0.2) is 53.6 Å². The molecule has 0 atom stereocenters. The number of amides is 1. The van der Waals surface area contributed by atoms with E-state index >= 15 is 0 Å². The monoisotopic (exact) mass is 252 g/mol. The molecule has 1 N–H and O–H groups in total. The van der Waals surface area contributed by atoms with Gasteiger partial charge in [0.2, 0.25) is 0 Å². The van der Waals surface area contributed by atoms with Crippen molar-refractivity contribution >= 4 is 17.3 Å². The van der Waals surface area contributed by atoms with E-state index in [-0.39, 0.29) is 5.91 Å². The molecule has 5 nitrogen and oxygen atoms in total. The number of carbonyl (C=O) groups is 1. The predicted molar refractivity (Wildman–Crippen MR) is 74.4 cm³/mol.